The third-order valence-electron chi connectivity index (χ3n) is 6.73. The second-order valence-corrected chi connectivity index (χ2v) is 8.95. The Morgan fingerprint density at radius 1 is 0.973 bits per heavy atom. The third-order valence-corrected chi connectivity index (χ3v) is 6.73. The van der Waals surface area contributed by atoms with E-state index in [-0.39, 0.29) is 28.9 Å². The molecule has 3 aromatic carbocycles. The van der Waals surface area contributed by atoms with Crippen LogP contribution in [0.25, 0.3) is 0 Å². The lowest BCUT2D eigenvalue weighted by Crippen LogP contribution is -2.44. The number of methoxy groups -OCH3 is 1. The average molecular weight is 505 g/mol. The van der Waals surface area contributed by atoms with Gasteiger partial charge in [0.2, 0.25) is 0 Å². The Balaban J connectivity index is 1.39. The van der Waals surface area contributed by atoms with Crippen LogP contribution in [0.3, 0.4) is 0 Å². The smallest absolute Gasteiger partial charge is 0.496 e. The van der Waals surface area contributed by atoms with Crippen LogP contribution < -0.4 is 14.8 Å². The number of carbonyl (C=O) groups is 2. The van der Waals surface area contributed by atoms with Crippen LogP contribution in [0.4, 0.5) is 10.5 Å². The standard InChI is InChI=1S/C28H28N2O7/c1-35-25-10-6-5-9-24(25)26(31)29-19-28(20-7-3-2-4-8-20)17-15-23(16-18-28)37-27(32)36-22-13-11-21(12-14-22)30(33)34/h2-14,23H,15-19H2,1H3,(H,29,31). The summed E-state index contributed by atoms with van der Waals surface area (Å²) in [6.07, 6.45) is 1.38. The third kappa shape index (κ3) is 6.24. The molecule has 1 fully saturated rings. The van der Waals surface area contributed by atoms with E-state index in [4.69, 9.17) is 14.2 Å². The lowest BCUT2D eigenvalue weighted by molar-refractivity contribution is -0.384. The van der Waals surface area contributed by atoms with Crippen molar-refractivity contribution in [3.05, 3.63) is 100 Å². The molecule has 1 aliphatic carbocycles. The van der Waals surface area contributed by atoms with E-state index >= 15 is 0 Å². The zero-order valence-corrected chi connectivity index (χ0v) is 20.4. The Hall–Kier alpha value is -4.40. The van der Waals surface area contributed by atoms with Crippen molar-refractivity contribution in [2.75, 3.05) is 13.7 Å². The molecule has 0 heterocycles. The number of amides is 1. The minimum Gasteiger partial charge on any atom is -0.496 e. The van der Waals surface area contributed by atoms with E-state index in [9.17, 15) is 19.7 Å². The van der Waals surface area contributed by atoms with Gasteiger partial charge in [0.05, 0.1) is 17.6 Å². The first-order valence-electron chi connectivity index (χ1n) is 12.0. The van der Waals surface area contributed by atoms with Gasteiger partial charge in [0, 0.05) is 24.1 Å². The fourth-order valence-corrected chi connectivity index (χ4v) is 4.69. The van der Waals surface area contributed by atoms with Gasteiger partial charge < -0.3 is 19.5 Å². The number of nitrogens with zero attached hydrogens (tertiary/aromatic N) is 1. The molecule has 37 heavy (non-hydrogen) atoms. The molecule has 1 aliphatic rings. The van der Waals surface area contributed by atoms with Crippen LogP contribution in [0.5, 0.6) is 11.5 Å². The molecule has 1 saturated carbocycles. The van der Waals surface area contributed by atoms with E-state index in [1.54, 1.807) is 18.2 Å². The Morgan fingerprint density at radius 2 is 1.62 bits per heavy atom. The summed E-state index contributed by atoms with van der Waals surface area (Å²) in [6, 6.07) is 22.3. The molecule has 3 aromatic rings. The van der Waals surface area contributed by atoms with Gasteiger partial charge in [0.15, 0.2) is 0 Å². The number of hydrogen-bond acceptors (Lipinski definition) is 7. The van der Waals surface area contributed by atoms with E-state index in [1.165, 1.54) is 31.4 Å². The van der Waals surface area contributed by atoms with Gasteiger partial charge in [-0.05, 0) is 55.5 Å². The summed E-state index contributed by atoms with van der Waals surface area (Å²) in [6.45, 7) is 0.424. The van der Waals surface area contributed by atoms with Crippen molar-refractivity contribution in [3.8, 4) is 11.5 Å². The first kappa shape index (κ1) is 25.7. The molecule has 1 N–H and O–H groups in total. The molecular weight excluding hydrogens is 476 g/mol. The summed E-state index contributed by atoms with van der Waals surface area (Å²) in [5.74, 6) is 0.472. The van der Waals surface area contributed by atoms with Crippen LogP contribution >= 0.6 is 0 Å². The SMILES string of the molecule is COc1ccccc1C(=O)NCC1(c2ccccc2)CCC(OC(=O)Oc2ccc([N+](=O)[O-])cc2)CC1. The number of nitro groups is 1. The number of nitro benzene ring substituents is 1. The van der Waals surface area contributed by atoms with E-state index in [1.807, 2.05) is 24.3 Å². The number of para-hydroxylation sites is 1. The van der Waals surface area contributed by atoms with E-state index in [0.29, 0.717) is 43.5 Å². The van der Waals surface area contributed by atoms with Crippen LogP contribution in [0.15, 0.2) is 78.9 Å². The van der Waals surface area contributed by atoms with Crippen LogP contribution in [0, 0.1) is 10.1 Å². The maximum Gasteiger partial charge on any atom is 0.514 e. The first-order valence-corrected chi connectivity index (χ1v) is 12.0. The van der Waals surface area contributed by atoms with E-state index < -0.39 is 11.1 Å². The maximum atomic E-state index is 13.0. The Labute approximate surface area is 214 Å². The lowest BCUT2D eigenvalue weighted by atomic mass is 9.68. The largest absolute Gasteiger partial charge is 0.514 e. The van der Waals surface area contributed by atoms with Crippen LogP contribution in [0.2, 0.25) is 0 Å². The molecule has 192 valence electrons. The Kier molecular flexibility index (Phi) is 8.02. The predicted molar refractivity (Wildman–Crippen MR) is 136 cm³/mol. The highest BCUT2D eigenvalue weighted by atomic mass is 16.7. The van der Waals surface area contributed by atoms with Crippen molar-refractivity contribution in [1.82, 2.24) is 5.32 Å². The van der Waals surface area contributed by atoms with Gasteiger partial charge >= 0.3 is 6.16 Å². The second-order valence-electron chi connectivity index (χ2n) is 8.95. The Bertz CT molecular complexity index is 1240. The maximum absolute atomic E-state index is 13.0. The minimum atomic E-state index is -0.851. The van der Waals surface area contributed by atoms with Crippen molar-refractivity contribution < 1.29 is 28.7 Å². The molecule has 0 bridgehead atoms. The normalized spacial score (nSPS) is 18.9. The first-order chi connectivity index (χ1) is 17.9. The van der Waals surface area contributed by atoms with Crippen molar-refractivity contribution in [2.24, 2.45) is 0 Å². The topological polar surface area (TPSA) is 117 Å². The number of ether oxygens (including phenoxy) is 3. The van der Waals surface area contributed by atoms with Gasteiger partial charge in [-0.2, -0.15) is 0 Å². The van der Waals surface area contributed by atoms with Crippen LogP contribution in [0.1, 0.15) is 41.6 Å². The van der Waals surface area contributed by atoms with Gasteiger partial charge in [-0.3, -0.25) is 14.9 Å². The summed E-state index contributed by atoms with van der Waals surface area (Å²) in [5, 5.41) is 13.9. The molecule has 0 aromatic heterocycles. The van der Waals surface area contributed by atoms with Crippen molar-refractivity contribution >= 4 is 17.7 Å². The zero-order chi connectivity index (χ0) is 26.3. The molecule has 1 amide bonds. The predicted octanol–water partition coefficient (Wildman–Crippen LogP) is 5.43. The van der Waals surface area contributed by atoms with Crippen molar-refractivity contribution in [1.29, 1.82) is 0 Å². The summed E-state index contributed by atoms with van der Waals surface area (Å²) in [4.78, 5) is 35.5. The monoisotopic (exact) mass is 504 g/mol. The van der Waals surface area contributed by atoms with Gasteiger partial charge in [-0.15, -0.1) is 0 Å². The molecule has 0 spiro atoms. The quantitative estimate of drug-likeness (QED) is 0.188. The van der Waals surface area contributed by atoms with Gasteiger partial charge in [-0.25, -0.2) is 4.79 Å². The van der Waals surface area contributed by atoms with E-state index in [2.05, 4.69) is 17.4 Å². The van der Waals surface area contributed by atoms with Crippen LogP contribution in [-0.2, 0) is 10.2 Å². The fourth-order valence-electron chi connectivity index (χ4n) is 4.69. The summed E-state index contributed by atoms with van der Waals surface area (Å²) >= 11 is 0. The zero-order valence-electron chi connectivity index (χ0n) is 20.4. The fraction of sp³-hybridized carbons (Fsp3) is 0.286. The number of hydrogen-bond donors (Lipinski definition) is 1. The molecular formula is C28H28N2O7. The molecule has 0 aliphatic heterocycles. The summed E-state index contributed by atoms with van der Waals surface area (Å²) in [7, 11) is 1.53. The van der Waals surface area contributed by atoms with Crippen molar-refractivity contribution in [3.63, 3.8) is 0 Å². The molecule has 0 unspecified atom stereocenters. The number of rotatable bonds is 8. The molecule has 0 radical (unpaired) electrons. The van der Waals surface area contributed by atoms with E-state index in [0.717, 1.165) is 5.56 Å². The van der Waals surface area contributed by atoms with Gasteiger partial charge in [-0.1, -0.05) is 42.5 Å². The van der Waals surface area contributed by atoms with Crippen LogP contribution in [-0.4, -0.2) is 36.7 Å². The lowest BCUT2D eigenvalue weighted by Gasteiger charge is -2.40. The number of nitrogens with one attached hydrogen (secondary N) is 1. The van der Waals surface area contributed by atoms with Gasteiger partial charge in [0.1, 0.15) is 17.6 Å². The molecule has 0 atom stereocenters. The average Bonchev–Trinajstić information content (AvgIpc) is 2.93. The molecule has 4 rings (SSSR count). The summed E-state index contributed by atoms with van der Waals surface area (Å²) in [5.41, 5.74) is 1.17. The van der Waals surface area contributed by atoms with Crippen molar-refractivity contribution in [2.45, 2.75) is 37.2 Å². The molecule has 9 heteroatoms. The summed E-state index contributed by atoms with van der Waals surface area (Å²) < 4.78 is 16.0. The highest BCUT2D eigenvalue weighted by Crippen LogP contribution is 2.40. The minimum absolute atomic E-state index is 0.0944. The highest BCUT2D eigenvalue weighted by molar-refractivity contribution is 5.97. The highest BCUT2D eigenvalue weighted by Gasteiger charge is 2.38. The Morgan fingerprint density at radius 3 is 2.27 bits per heavy atom. The van der Waals surface area contributed by atoms with Gasteiger partial charge in [0.25, 0.3) is 11.6 Å². The molecule has 9 nitrogen and oxygen atoms in total. The second kappa shape index (κ2) is 11.6. The number of benzene rings is 3. The number of carbonyl (C=O) groups excluding carboxylic acids is 2. The molecule has 0 saturated heterocycles. The number of non-ortho nitro benzene ring substituents is 1.